The first-order chi connectivity index (χ1) is 74.2. The van der Waals surface area contributed by atoms with Gasteiger partial charge in [0.2, 0.25) is 0 Å². The number of rotatable bonds is 14. The van der Waals surface area contributed by atoms with Crippen LogP contribution in [0.3, 0.4) is 0 Å². The minimum Gasteiger partial charge on any atom is -0.456 e. The maximum Gasteiger partial charge on any atom is 0.180 e. The summed E-state index contributed by atoms with van der Waals surface area (Å²) in [5, 5.41) is 21.4. The third-order valence-corrected chi connectivity index (χ3v) is 41.5. The molecule has 28 aromatic rings. The molecule has 708 valence electrons. The van der Waals surface area contributed by atoms with Crippen LogP contribution in [-0.2, 0) is 5.41 Å². The lowest BCUT2D eigenvalue weighted by Gasteiger charge is -2.31. The second kappa shape index (κ2) is 39.0. The van der Waals surface area contributed by atoms with Gasteiger partial charge in [-0.1, -0.05) is 511 Å². The van der Waals surface area contributed by atoms with Crippen LogP contribution in [0.5, 0.6) is 0 Å². The van der Waals surface area contributed by atoms with Crippen molar-refractivity contribution in [2.75, 3.05) is 0 Å². The molecule has 0 saturated heterocycles. The molecule has 6 aromatic heterocycles. The van der Waals surface area contributed by atoms with Crippen molar-refractivity contribution in [2.45, 2.75) is 19.3 Å². The molecule has 0 amide bonds. The molecule has 1 aliphatic heterocycles. The molecule has 22 aromatic carbocycles. The third-order valence-electron chi connectivity index (χ3n) is 30.3. The molecule has 2 aliphatic rings. The summed E-state index contributed by atoms with van der Waals surface area (Å²) in [6, 6.07) is 199. The molecule has 0 radical (unpaired) electrons. The fourth-order valence-corrected chi connectivity index (χ4v) is 35.0. The van der Waals surface area contributed by atoms with Crippen LogP contribution in [-0.4, -0.2) is 8.07 Å². The minimum atomic E-state index is -2.56. The van der Waals surface area contributed by atoms with E-state index in [-0.39, 0.29) is 5.41 Å². The van der Waals surface area contributed by atoms with Crippen molar-refractivity contribution in [3.63, 3.8) is 0 Å². The number of para-hydroxylation sites is 1. The average molecular weight is 2020 g/mol. The van der Waals surface area contributed by atoms with Crippen molar-refractivity contribution >= 4 is 171 Å². The van der Waals surface area contributed by atoms with E-state index in [9.17, 15) is 0 Å². The van der Waals surface area contributed by atoms with Gasteiger partial charge in [-0.3, -0.25) is 0 Å². The van der Waals surface area contributed by atoms with Crippen molar-refractivity contribution in [3.05, 3.63) is 557 Å². The smallest absolute Gasteiger partial charge is 0.180 e. The standard InChI is InChI=1S/C44H30SSi.C35H26S.C32H20OS.C32H20S2/c1-4-16-31(17-5-1)32-18-14-19-33(30-32)43-36-24-10-11-25-37(36)44(45-43)39-27-15-29-41-42(39)38-26-12-13-28-40(38)46(41,34-20-6-2-7-21-34)35-22-8-3-9-23-35;1-35(2)30-20-9-8-18-28(30)32-29(19-11-21-31(32)35)34-27-17-7-6-16-26(27)33(36-34)25-15-10-14-24(22-25)23-12-4-3-5-13-23;2*1-2-10-21(11-3-1)22-12-8-13-23(20-22)31-24-14-4-5-15-25(24)32(34-31)27-17-9-19-29-30(27)26-16-6-7-18-28(26)33-29/h1-30H;3-22H,1-2H3;2*1-20H. The van der Waals surface area contributed by atoms with Gasteiger partial charge in [0.1, 0.15) is 11.2 Å². The highest BCUT2D eigenvalue weighted by Crippen LogP contribution is 2.58. The second-order valence-corrected chi connectivity index (χ2v) is 48.1. The molecule has 7 heteroatoms. The van der Waals surface area contributed by atoms with Crippen molar-refractivity contribution < 1.29 is 4.42 Å². The Balaban J connectivity index is 0.0000000991. The van der Waals surface area contributed by atoms with Gasteiger partial charge in [-0.2, -0.15) is 0 Å². The molecule has 0 fully saturated rings. The Morgan fingerprint density at radius 3 is 0.907 bits per heavy atom. The summed E-state index contributed by atoms with van der Waals surface area (Å²) in [4.78, 5) is 10.6. The third kappa shape index (κ3) is 16.1. The second-order valence-electron chi connectivity index (χ2n) is 39.2. The predicted molar refractivity (Wildman–Crippen MR) is 653 cm³/mol. The molecule has 0 N–H and O–H groups in total. The molecule has 0 bridgehead atoms. The Kier molecular flexibility index (Phi) is 23.8. The van der Waals surface area contributed by atoms with E-state index in [0.29, 0.717) is 0 Å². The Morgan fingerprint density at radius 1 is 0.173 bits per heavy atom. The highest BCUT2D eigenvalue weighted by molar-refractivity contribution is 7.26. The molecule has 30 rings (SSSR count). The van der Waals surface area contributed by atoms with Crippen LogP contribution in [0.2, 0.25) is 0 Å². The number of furan rings is 1. The lowest BCUT2D eigenvalue weighted by atomic mass is 9.82. The lowest BCUT2D eigenvalue weighted by molar-refractivity contribution is 0.660. The molecule has 1 aliphatic carbocycles. The van der Waals surface area contributed by atoms with Gasteiger partial charge in [0.15, 0.2) is 8.07 Å². The highest BCUT2D eigenvalue weighted by atomic mass is 32.1. The number of hydrogen-bond acceptors (Lipinski definition) is 6. The summed E-state index contributed by atoms with van der Waals surface area (Å²) in [5.41, 5.74) is 30.5. The molecule has 0 spiro atoms. The van der Waals surface area contributed by atoms with Crippen molar-refractivity contribution in [3.8, 4) is 150 Å². The van der Waals surface area contributed by atoms with Crippen LogP contribution in [0.1, 0.15) is 25.0 Å². The fraction of sp³-hybridized carbons (Fsp3) is 0.0210. The first kappa shape index (κ1) is 91.6. The van der Waals surface area contributed by atoms with E-state index in [1.807, 2.05) is 68.8 Å². The molecular formula is C143H96OS5Si. The molecule has 150 heavy (non-hydrogen) atoms. The quantitative estimate of drug-likeness (QED) is 0.0989. The fourth-order valence-electron chi connectivity index (χ4n) is 23.5. The van der Waals surface area contributed by atoms with Crippen LogP contribution in [0.4, 0.5) is 0 Å². The predicted octanol–water partition coefficient (Wildman–Crippen LogP) is 39.5. The van der Waals surface area contributed by atoms with Crippen molar-refractivity contribution in [1.29, 1.82) is 0 Å². The summed E-state index contributed by atoms with van der Waals surface area (Å²) in [5.74, 6) is 0. The molecule has 7 heterocycles. The maximum absolute atomic E-state index is 6.19. The summed E-state index contributed by atoms with van der Waals surface area (Å²) in [7, 11) is -2.56. The van der Waals surface area contributed by atoms with Crippen molar-refractivity contribution in [1.82, 2.24) is 0 Å². The number of thiophene rings is 5. The monoisotopic (exact) mass is 2020 g/mol. The number of benzene rings is 22. The van der Waals surface area contributed by atoms with Gasteiger partial charge < -0.3 is 4.42 Å². The zero-order valence-electron chi connectivity index (χ0n) is 82.4. The van der Waals surface area contributed by atoms with E-state index in [0.717, 1.165) is 11.2 Å². The van der Waals surface area contributed by atoms with Gasteiger partial charge in [0, 0.05) is 141 Å². The van der Waals surface area contributed by atoms with Gasteiger partial charge in [-0.05, 0) is 169 Å². The van der Waals surface area contributed by atoms with Gasteiger partial charge in [-0.25, -0.2) is 0 Å². The van der Waals surface area contributed by atoms with E-state index in [1.54, 1.807) is 0 Å². The van der Waals surface area contributed by atoms with Crippen LogP contribution in [0.15, 0.2) is 550 Å². The summed E-state index contributed by atoms with van der Waals surface area (Å²) >= 11 is 9.52. The van der Waals surface area contributed by atoms with E-state index < -0.39 is 8.07 Å². The van der Waals surface area contributed by atoms with Gasteiger partial charge in [0.05, 0.1) is 0 Å². The van der Waals surface area contributed by atoms with Crippen LogP contribution >= 0.6 is 56.7 Å². The van der Waals surface area contributed by atoms with E-state index in [1.165, 1.54) is 256 Å². The van der Waals surface area contributed by atoms with E-state index in [2.05, 4.69) is 548 Å². The Labute approximate surface area is 893 Å². The van der Waals surface area contributed by atoms with Crippen molar-refractivity contribution in [2.24, 2.45) is 0 Å². The van der Waals surface area contributed by atoms with Crippen LogP contribution < -0.4 is 20.7 Å². The normalized spacial score (nSPS) is 12.4. The van der Waals surface area contributed by atoms with Gasteiger partial charge >= 0.3 is 0 Å². The first-order valence-electron chi connectivity index (χ1n) is 51.3. The molecule has 0 atom stereocenters. The Hall–Kier alpha value is -17.1. The Bertz CT molecular complexity index is 9680. The first-order valence-corrected chi connectivity index (χ1v) is 57.4. The van der Waals surface area contributed by atoms with Gasteiger partial charge in [0.25, 0.3) is 0 Å². The molecular weight excluding hydrogens is 1920 g/mol. The molecule has 0 saturated carbocycles. The number of fused-ring (bicyclic) bond motifs is 16. The zero-order valence-corrected chi connectivity index (χ0v) is 87.5. The largest absolute Gasteiger partial charge is 0.456 e. The SMILES string of the molecule is CC1(C)c2ccccc2-c2c(-c3sc(-c4cccc(-c5ccccc5)c4)c4ccccc34)cccc21.c1ccc(-c2cccc(-c3sc(-c4cccc5c4-c4ccccc4[Si]5(c4ccccc4)c4ccccc4)c4ccccc34)c2)cc1.c1ccc(-c2cccc(-c3sc(-c4cccc5oc6ccccc6c45)c4ccccc34)c2)cc1.c1ccc(-c2cccc(-c3sc(-c4cccc5sc6ccccc6c45)c4ccccc34)c2)cc1. The molecule has 1 nitrogen and oxygen atoms in total. The van der Waals surface area contributed by atoms with E-state index in [4.69, 9.17) is 4.42 Å². The summed E-state index contributed by atoms with van der Waals surface area (Å²) in [6.07, 6.45) is 0. The maximum atomic E-state index is 6.19. The summed E-state index contributed by atoms with van der Waals surface area (Å²) in [6.45, 7) is 4.71. The minimum absolute atomic E-state index is 0.00183. The topological polar surface area (TPSA) is 13.1 Å². The highest BCUT2D eigenvalue weighted by Gasteiger charge is 2.50. The van der Waals surface area contributed by atoms with E-state index >= 15 is 0 Å². The Morgan fingerprint density at radius 2 is 0.453 bits per heavy atom. The van der Waals surface area contributed by atoms with Crippen LogP contribution in [0, 0.1) is 0 Å². The lowest BCUT2D eigenvalue weighted by Crippen LogP contribution is -2.72. The van der Waals surface area contributed by atoms with Gasteiger partial charge in [-0.15, -0.1) is 56.7 Å². The van der Waals surface area contributed by atoms with Crippen LogP contribution in [0.25, 0.3) is 235 Å². The average Bonchev–Trinajstić information content (AvgIpc) is 1.52. The summed E-state index contributed by atoms with van der Waals surface area (Å²) < 4.78 is 8.89. The number of hydrogen-bond donors (Lipinski definition) is 0. The molecule has 0 unspecified atom stereocenters. The zero-order chi connectivity index (χ0) is 99.7.